The number of aromatic nitrogens is 4. The van der Waals surface area contributed by atoms with E-state index in [0.717, 1.165) is 16.5 Å². The summed E-state index contributed by atoms with van der Waals surface area (Å²) in [5, 5.41) is 4.02. The number of nitrogens with one attached hydrogen (secondary N) is 1. The molecule has 0 fully saturated rings. The highest BCUT2D eigenvalue weighted by Crippen LogP contribution is 2.21. The Hall–Kier alpha value is -2.76. The van der Waals surface area contributed by atoms with Gasteiger partial charge in [0.25, 0.3) is 0 Å². The Morgan fingerprint density at radius 1 is 1.05 bits per heavy atom. The molecule has 21 heavy (non-hydrogen) atoms. The molecule has 0 amide bonds. The predicted molar refractivity (Wildman–Crippen MR) is 84.4 cm³/mol. The van der Waals surface area contributed by atoms with Crippen LogP contribution in [0.15, 0.2) is 36.5 Å². The molecule has 6 heteroatoms. The van der Waals surface area contributed by atoms with Gasteiger partial charge < -0.3 is 10.2 Å². The van der Waals surface area contributed by atoms with Gasteiger partial charge in [-0.05, 0) is 12.1 Å². The minimum absolute atomic E-state index is 0.539. The highest BCUT2D eigenvalue weighted by molar-refractivity contribution is 5.82. The molecule has 2 aromatic heterocycles. The number of hydrogen-bond acceptors (Lipinski definition) is 6. The van der Waals surface area contributed by atoms with Crippen LogP contribution in [0.1, 0.15) is 0 Å². The maximum Gasteiger partial charge on any atom is 0.230 e. The Bertz CT molecular complexity index is 784. The summed E-state index contributed by atoms with van der Waals surface area (Å²) in [6.07, 6.45) is 1.79. The largest absolute Gasteiger partial charge is 0.357 e. The van der Waals surface area contributed by atoms with E-state index in [-0.39, 0.29) is 0 Å². The monoisotopic (exact) mass is 280 g/mol. The van der Waals surface area contributed by atoms with Gasteiger partial charge in [-0.25, -0.2) is 0 Å². The van der Waals surface area contributed by atoms with E-state index in [9.17, 15) is 0 Å². The lowest BCUT2D eigenvalue weighted by Gasteiger charge is -2.12. The molecule has 1 N–H and O–H groups in total. The highest BCUT2D eigenvalue weighted by Gasteiger charge is 2.10. The van der Waals surface area contributed by atoms with Crippen molar-refractivity contribution in [2.75, 3.05) is 31.4 Å². The van der Waals surface area contributed by atoms with E-state index in [1.165, 1.54) is 0 Å². The smallest absolute Gasteiger partial charge is 0.230 e. The van der Waals surface area contributed by atoms with Gasteiger partial charge in [-0.1, -0.05) is 18.2 Å². The molecule has 0 unspecified atom stereocenters. The molecule has 0 spiro atoms. The van der Waals surface area contributed by atoms with Gasteiger partial charge >= 0.3 is 0 Å². The zero-order valence-corrected chi connectivity index (χ0v) is 12.2. The van der Waals surface area contributed by atoms with E-state index in [4.69, 9.17) is 0 Å². The van der Waals surface area contributed by atoms with Gasteiger partial charge in [-0.15, -0.1) is 0 Å². The molecule has 0 saturated carbocycles. The number of benzene rings is 1. The van der Waals surface area contributed by atoms with Gasteiger partial charge in [0.05, 0.1) is 5.52 Å². The zero-order valence-electron chi connectivity index (χ0n) is 12.2. The zero-order chi connectivity index (χ0) is 14.8. The average Bonchev–Trinajstić information content (AvgIpc) is 2.53. The van der Waals surface area contributed by atoms with Crippen LogP contribution in [0.3, 0.4) is 0 Å². The fourth-order valence-electron chi connectivity index (χ4n) is 2.00. The molecule has 2 heterocycles. The molecule has 6 nitrogen and oxygen atoms in total. The molecule has 0 bridgehead atoms. The maximum atomic E-state index is 4.48. The molecular formula is C15H16N6. The number of rotatable bonds is 3. The molecule has 0 saturated heterocycles. The summed E-state index contributed by atoms with van der Waals surface area (Å²) in [7, 11) is 5.59. The second kappa shape index (κ2) is 5.32. The van der Waals surface area contributed by atoms with Crippen molar-refractivity contribution in [3.05, 3.63) is 36.5 Å². The molecule has 0 atom stereocenters. The van der Waals surface area contributed by atoms with Crippen molar-refractivity contribution in [1.29, 1.82) is 0 Å². The molecule has 0 radical (unpaired) electrons. The normalized spacial score (nSPS) is 10.6. The van der Waals surface area contributed by atoms with Crippen LogP contribution in [0, 0.1) is 0 Å². The van der Waals surface area contributed by atoms with E-state index in [1.54, 1.807) is 13.2 Å². The SMILES string of the molecule is CNc1nc(-c2cnc3ccccc3c2)nc(N(C)C)n1. The van der Waals surface area contributed by atoms with Crippen molar-refractivity contribution in [3.63, 3.8) is 0 Å². The minimum Gasteiger partial charge on any atom is -0.357 e. The fraction of sp³-hybridized carbons (Fsp3) is 0.200. The number of para-hydroxylation sites is 1. The number of fused-ring (bicyclic) bond motifs is 1. The fourth-order valence-corrected chi connectivity index (χ4v) is 2.00. The van der Waals surface area contributed by atoms with Crippen LogP contribution in [0.5, 0.6) is 0 Å². The quantitative estimate of drug-likeness (QED) is 0.793. The van der Waals surface area contributed by atoms with Gasteiger partial charge in [0.1, 0.15) is 0 Å². The lowest BCUT2D eigenvalue weighted by atomic mass is 10.1. The van der Waals surface area contributed by atoms with E-state index in [2.05, 4.69) is 25.3 Å². The molecular weight excluding hydrogens is 264 g/mol. The van der Waals surface area contributed by atoms with Crippen LogP contribution in [-0.4, -0.2) is 41.1 Å². The van der Waals surface area contributed by atoms with Crippen LogP contribution in [-0.2, 0) is 0 Å². The van der Waals surface area contributed by atoms with Crippen molar-refractivity contribution in [1.82, 2.24) is 19.9 Å². The van der Waals surface area contributed by atoms with E-state index >= 15 is 0 Å². The Morgan fingerprint density at radius 3 is 2.62 bits per heavy atom. The van der Waals surface area contributed by atoms with Crippen molar-refractivity contribution in [2.45, 2.75) is 0 Å². The summed E-state index contributed by atoms with van der Waals surface area (Å²) in [5.74, 6) is 1.76. The summed E-state index contributed by atoms with van der Waals surface area (Å²) < 4.78 is 0. The second-order valence-corrected chi connectivity index (χ2v) is 4.84. The summed E-state index contributed by atoms with van der Waals surface area (Å²) >= 11 is 0. The number of pyridine rings is 1. The number of hydrogen-bond donors (Lipinski definition) is 1. The van der Waals surface area contributed by atoms with Crippen molar-refractivity contribution in [3.8, 4) is 11.4 Å². The van der Waals surface area contributed by atoms with Gasteiger partial charge in [0.15, 0.2) is 5.82 Å². The molecule has 1 aromatic carbocycles. The van der Waals surface area contributed by atoms with Crippen molar-refractivity contribution < 1.29 is 0 Å². The van der Waals surface area contributed by atoms with Crippen LogP contribution in [0.25, 0.3) is 22.3 Å². The molecule has 106 valence electrons. The van der Waals surface area contributed by atoms with Gasteiger partial charge in [-0.2, -0.15) is 15.0 Å². The van der Waals surface area contributed by atoms with Crippen LogP contribution in [0.2, 0.25) is 0 Å². The van der Waals surface area contributed by atoms with Gasteiger partial charge in [0.2, 0.25) is 11.9 Å². The molecule has 0 aliphatic rings. The van der Waals surface area contributed by atoms with Crippen LogP contribution < -0.4 is 10.2 Å². The summed E-state index contributed by atoms with van der Waals surface area (Å²) in [6, 6.07) is 10.0. The van der Waals surface area contributed by atoms with Crippen molar-refractivity contribution in [2.24, 2.45) is 0 Å². The van der Waals surface area contributed by atoms with Crippen molar-refractivity contribution >= 4 is 22.8 Å². The first-order chi connectivity index (χ1) is 10.2. The van der Waals surface area contributed by atoms with Gasteiger partial charge in [-0.3, -0.25) is 4.98 Å². The highest BCUT2D eigenvalue weighted by atomic mass is 15.3. The Balaban J connectivity index is 2.14. The second-order valence-electron chi connectivity index (χ2n) is 4.84. The predicted octanol–water partition coefficient (Wildman–Crippen LogP) is 2.19. The molecule has 3 rings (SSSR count). The first-order valence-corrected chi connectivity index (χ1v) is 6.63. The Morgan fingerprint density at radius 2 is 1.86 bits per heavy atom. The lowest BCUT2D eigenvalue weighted by Crippen LogP contribution is -2.15. The molecule has 3 aromatic rings. The van der Waals surface area contributed by atoms with Crippen LogP contribution in [0.4, 0.5) is 11.9 Å². The Labute approximate surface area is 122 Å². The summed E-state index contributed by atoms with van der Waals surface area (Å²) in [4.78, 5) is 19.5. The first kappa shape index (κ1) is 13.2. The molecule has 0 aliphatic carbocycles. The van der Waals surface area contributed by atoms with E-state index < -0.39 is 0 Å². The topological polar surface area (TPSA) is 66.8 Å². The third kappa shape index (κ3) is 2.60. The van der Waals surface area contributed by atoms with Crippen LogP contribution >= 0.6 is 0 Å². The lowest BCUT2D eigenvalue weighted by molar-refractivity contribution is 0.963. The average molecular weight is 280 g/mol. The van der Waals surface area contributed by atoms with E-state index in [1.807, 2.05) is 49.3 Å². The molecule has 0 aliphatic heterocycles. The summed E-state index contributed by atoms with van der Waals surface area (Å²) in [5.41, 5.74) is 1.83. The standard InChI is InChI=1S/C15H16N6/c1-16-14-18-13(19-15(20-14)21(2)3)11-8-10-6-4-5-7-12(10)17-9-11/h4-9H,1-3H3,(H,16,18,19,20). The maximum absolute atomic E-state index is 4.48. The first-order valence-electron chi connectivity index (χ1n) is 6.63. The van der Waals surface area contributed by atoms with Gasteiger partial charge in [0, 0.05) is 38.3 Å². The Kier molecular flexibility index (Phi) is 3.35. The number of anilines is 2. The number of nitrogens with zero attached hydrogens (tertiary/aromatic N) is 5. The summed E-state index contributed by atoms with van der Waals surface area (Å²) in [6.45, 7) is 0. The minimum atomic E-state index is 0.539. The van der Waals surface area contributed by atoms with E-state index in [0.29, 0.717) is 17.7 Å². The third-order valence-electron chi connectivity index (χ3n) is 3.10. The third-order valence-corrected chi connectivity index (χ3v) is 3.10.